The lowest BCUT2D eigenvalue weighted by molar-refractivity contribution is 0.121. The number of nitrogens with one attached hydrogen (secondary N) is 1. The summed E-state index contributed by atoms with van der Waals surface area (Å²) < 4.78 is 5.23. The molecule has 1 aromatic carbocycles. The maximum Gasteiger partial charge on any atom is 0.121 e. The highest BCUT2D eigenvalue weighted by Gasteiger charge is 2.47. The molecule has 2 heterocycles. The Labute approximate surface area is 113 Å². The van der Waals surface area contributed by atoms with E-state index in [-0.39, 0.29) is 0 Å². The van der Waals surface area contributed by atoms with Crippen LogP contribution < -0.4 is 10.2 Å². The van der Waals surface area contributed by atoms with E-state index in [4.69, 9.17) is 4.74 Å². The number of hydrogen-bond acceptors (Lipinski definition) is 4. The Morgan fingerprint density at radius 3 is 2.68 bits per heavy atom. The molecule has 0 aromatic heterocycles. The molecule has 0 amide bonds. The lowest BCUT2D eigenvalue weighted by atomic mass is 9.74. The van der Waals surface area contributed by atoms with Crippen LogP contribution in [0.5, 0.6) is 0 Å². The van der Waals surface area contributed by atoms with Gasteiger partial charge in [0.25, 0.3) is 0 Å². The molecule has 2 aliphatic heterocycles. The molecule has 1 spiro atoms. The zero-order valence-corrected chi connectivity index (χ0v) is 11.3. The van der Waals surface area contributed by atoms with Crippen molar-refractivity contribution in [2.75, 3.05) is 38.2 Å². The fourth-order valence-electron chi connectivity index (χ4n) is 2.84. The zero-order chi connectivity index (χ0) is 13.5. The van der Waals surface area contributed by atoms with E-state index < -0.39 is 0 Å². The predicted octanol–water partition coefficient (Wildman–Crippen LogP) is 2.05. The molecule has 2 fully saturated rings. The molecule has 4 nitrogen and oxygen atoms in total. The monoisotopic (exact) mass is 257 g/mol. The van der Waals surface area contributed by atoms with Crippen molar-refractivity contribution in [3.05, 3.63) is 30.3 Å². The quantitative estimate of drug-likeness (QED) is 0.662. The predicted molar refractivity (Wildman–Crippen MR) is 79.2 cm³/mol. The Hall–Kier alpha value is -1.81. The van der Waals surface area contributed by atoms with E-state index in [1.807, 2.05) is 6.07 Å². The first-order chi connectivity index (χ1) is 9.17. The molecule has 0 bridgehead atoms. The second-order valence-corrected chi connectivity index (χ2v) is 5.45. The summed E-state index contributed by atoms with van der Waals surface area (Å²) in [6.07, 6.45) is 0. The van der Waals surface area contributed by atoms with E-state index in [2.05, 4.69) is 40.6 Å². The van der Waals surface area contributed by atoms with Crippen LogP contribution in [-0.4, -0.2) is 40.0 Å². The first-order valence-electron chi connectivity index (χ1n) is 6.47. The van der Waals surface area contributed by atoms with Gasteiger partial charge in [0.15, 0.2) is 0 Å². The summed E-state index contributed by atoms with van der Waals surface area (Å²) in [4.78, 5) is 6.41. The van der Waals surface area contributed by atoms with Crippen LogP contribution in [0.4, 0.5) is 11.4 Å². The van der Waals surface area contributed by atoms with Crippen LogP contribution in [0.3, 0.4) is 0 Å². The van der Waals surface area contributed by atoms with Gasteiger partial charge in [-0.2, -0.15) is 0 Å². The third-order valence-corrected chi connectivity index (χ3v) is 4.11. The van der Waals surface area contributed by atoms with Crippen LogP contribution in [0.2, 0.25) is 0 Å². The standard InChI is InChI=1S/C15H19N3O/c1-11(19-3)13-6-12(4-5-14(13)16-2)18-9-15(10-18)7-17-8-15/h4-6,17H,1-2,7-10H2,3H3. The fraction of sp³-hybridized carbons (Fsp3) is 0.400. The highest BCUT2D eigenvalue weighted by molar-refractivity contribution is 5.75. The number of benzene rings is 1. The first-order valence-corrected chi connectivity index (χ1v) is 6.47. The summed E-state index contributed by atoms with van der Waals surface area (Å²) in [5, 5.41) is 3.35. The van der Waals surface area contributed by atoms with Gasteiger partial charge in [0.1, 0.15) is 5.76 Å². The molecule has 0 unspecified atom stereocenters. The maximum absolute atomic E-state index is 5.23. The average molecular weight is 257 g/mol. The number of methoxy groups -OCH3 is 1. The van der Waals surface area contributed by atoms with Gasteiger partial charge in [-0.1, -0.05) is 6.58 Å². The Morgan fingerprint density at radius 2 is 2.16 bits per heavy atom. The lowest BCUT2D eigenvalue weighted by Gasteiger charge is -2.57. The Balaban J connectivity index is 1.83. The van der Waals surface area contributed by atoms with Gasteiger partial charge < -0.3 is 15.0 Å². The molecule has 0 saturated carbocycles. The summed E-state index contributed by atoms with van der Waals surface area (Å²) in [5.74, 6) is 0.629. The van der Waals surface area contributed by atoms with Gasteiger partial charge in [-0.15, -0.1) is 0 Å². The largest absolute Gasteiger partial charge is 0.497 e. The summed E-state index contributed by atoms with van der Waals surface area (Å²) in [7, 11) is 1.63. The van der Waals surface area contributed by atoms with Gasteiger partial charge in [0, 0.05) is 42.8 Å². The molecule has 4 heteroatoms. The molecule has 3 rings (SSSR count). The van der Waals surface area contributed by atoms with Gasteiger partial charge in [-0.05, 0) is 24.9 Å². The van der Waals surface area contributed by atoms with E-state index in [9.17, 15) is 0 Å². The van der Waals surface area contributed by atoms with Crippen molar-refractivity contribution in [2.24, 2.45) is 10.4 Å². The lowest BCUT2D eigenvalue weighted by Crippen LogP contribution is -2.71. The first kappa shape index (κ1) is 12.2. The van der Waals surface area contributed by atoms with Crippen LogP contribution >= 0.6 is 0 Å². The van der Waals surface area contributed by atoms with Gasteiger partial charge in [-0.3, -0.25) is 4.99 Å². The van der Waals surface area contributed by atoms with E-state index in [0.717, 1.165) is 37.4 Å². The number of rotatable bonds is 4. The molecule has 100 valence electrons. The molecule has 0 aliphatic carbocycles. The third kappa shape index (κ3) is 1.92. The Kier molecular flexibility index (Phi) is 2.82. The summed E-state index contributed by atoms with van der Waals surface area (Å²) in [5.41, 5.74) is 3.46. The van der Waals surface area contributed by atoms with Gasteiger partial charge >= 0.3 is 0 Å². The molecule has 1 N–H and O–H groups in total. The van der Waals surface area contributed by atoms with Crippen LogP contribution in [0.1, 0.15) is 5.56 Å². The molecule has 0 atom stereocenters. The summed E-state index contributed by atoms with van der Waals surface area (Å²) in [6.45, 7) is 12.0. The van der Waals surface area contributed by atoms with E-state index in [1.165, 1.54) is 5.69 Å². The van der Waals surface area contributed by atoms with Gasteiger partial charge in [0.2, 0.25) is 0 Å². The van der Waals surface area contributed by atoms with Gasteiger partial charge in [-0.25, -0.2) is 0 Å². The fourth-order valence-corrected chi connectivity index (χ4v) is 2.84. The van der Waals surface area contributed by atoms with E-state index in [1.54, 1.807) is 7.11 Å². The van der Waals surface area contributed by atoms with E-state index in [0.29, 0.717) is 11.2 Å². The van der Waals surface area contributed by atoms with Crippen molar-refractivity contribution in [3.8, 4) is 0 Å². The van der Waals surface area contributed by atoms with Crippen molar-refractivity contribution >= 4 is 23.9 Å². The SMILES string of the molecule is C=Nc1ccc(N2CC3(CNC3)C2)cc1C(=C)OC. The third-order valence-electron chi connectivity index (χ3n) is 4.11. The summed E-state index contributed by atoms with van der Waals surface area (Å²) >= 11 is 0. The summed E-state index contributed by atoms with van der Waals surface area (Å²) in [6, 6.07) is 6.16. The van der Waals surface area contributed by atoms with Crippen molar-refractivity contribution in [3.63, 3.8) is 0 Å². The van der Waals surface area contributed by atoms with Gasteiger partial charge in [0.05, 0.1) is 12.8 Å². The smallest absolute Gasteiger partial charge is 0.121 e. The number of anilines is 1. The average Bonchev–Trinajstić information content (AvgIpc) is 2.34. The molecule has 1 aromatic rings. The maximum atomic E-state index is 5.23. The molecular weight excluding hydrogens is 238 g/mol. The van der Waals surface area contributed by atoms with Crippen molar-refractivity contribution in [1.29, 1.82) is 0 Å². The minimum Gasteiger partial charge on any atom is -0.497 e. The van der Waals surface area contributed by atoms with Crippen molar-refractivity contribution in [2.45, 2.75) is 0 Å². The second-order valence-electron chi connectivity index (χ2n) is 5.45. The normalized spacial score (nSPS) is 19.5. The second kappa shape index (κ2) is 4.38. The highest BCUT2D eigenvalue weighted by atomic mass is 16.5. The molecule has 0 radical (unpaired) electrons. The molecular formula is C15H19N3O. The van der Waals surface area contributed by atoms with Crippen molar-refractivity contribution in [1.82, 2.24) is 5.32 Å². The minimum absolute atomic E-state index is 0.522. The number of nitrogens with zero attached hydrogens (tertiary/aromatic N) is 2. The van der Waals surface area contributed by atoms with Crippen molar-refractivity contribution < 1.29 is 4.74 Å². The number of aliphatic imine (C=N–C) groups is 1. The molecule has 2 saturated heterocycles. The van der Waals surface area contributed by atoms with Crippen LogP contribution in [0.25, 0.3) is 5.76 Å². The highest BCUT2D eigenvalue weighted by Crippen LogP contribution is 2.39. The minimum atomic E-state index is 0.522. The van der Waals surface area contributed by atoms with Crippen LogP contribution in [0, 0.1) is 5.41 Å². The zero-order valence-electron chi connectivity index (χ0n) is 11.3. The van der Waals surface area contributed by atoms with E-state index >= 15 is 0 Å². The Morgan fingerprint density at radius 1 is 1.42 bits per heavy atom. The molecule has 19 heavy (non-hydrogen) atoms. The molecule has 2 aliphatic rings. The van der Waals surface area contributed by atoms with Crippen LogP contribution in [-0.2, 0) is 4.74 Å². The van der Waals surface area contributed by atoms with Crippen LogP contribution in [0.15, 0.2) is 29.8 Å². The Bertz CT molecular complexity index is 526. The topological polar surface area (TPSA) is 36.9 Å². The number of hydrogen-bond donors (Lipinski definition) is 1. The number of ether oxygens (including phenoxy) is 1.